The van der Waals surface area contributed by atoms with Gasteiger partial charge < -0.3 is 4.90 Å². The number of nitrogens with zero attached hydrogens (tertiary/aromatic N) is 2. The molecule has 1 heterocycles. The fourth-order valence-corrected chi connectivity index (χ4v) is 4.45. The molecule has 1 aliphatic heterocycles. The number of likely N-dealkylation sites (tertiary alicyclic amines) is 1. The van der Waals surface area contributed by atoms with Gasteiger partial charge in [-0.05, 0) is 43.9 Å². The number of carbonyl (C=O) groups is 1. The third-order valence-corrected chi connectivity index (χ3v) is 5.92. The number of hydrogen-bond donors (Lipinski definition) is 0. The third-order valence-electron chi connectivity index (χ3n) is 5.92. The summed E-state index contributed by atoms with van der Waals surface area (Å²) in [6.07, 6.45) is 0. The molecule has 0 bridgehead atoms. The van der Waals surface area contributed by atoms with Crippen molar-refractivity contribution in [3.05, 3.63) is 71.0 Å². The van der Waals surface area contributed by atoms with Gasteiger partial charge in [-0.2, -0.15) is 0 Å². The molecule has 2 atom stereocenters. The maximum atomic E-state index is 14.2. The quantitative estimate of drug-likeness (QED) is 0.729. The largest absolute Gasteiger partial charge is 0.340 e. The van der Waals surface area contributed by atoms with Crippen LogP contribution in [0.15, 0.2) is 48.5 Å². The van der Waals surface area contributed by atoms with Crippen LogP contribution in [0.25, 0.3) is 0 Å². The first-order chi connectivity index (χ1) is 13.4. The summed E-state index contributed by atoms with van der Waals surface area (Å²) in [5.41, 5.74) is 3.36. The number of aryl methyl sites for hydroxylation is 1. The van der Waals surface area contributed by atoms with E-state index in [0.29, 0.717) is 18.4 Å². The molecule has 0 aromatic heterocycles. The highest BCUT2D eigenvalue weighted by molar-refractivity contribution is 5.73. The highest BCUT2D eigenvalue weighted by Gasteiger charge is 2.36. The van der Waals surface area contributed by atoms with E-state index in [1.165, 1.54) is 17.2 Å². The van der Waals surface area contributed by atoms with Crippen LogP contribution in [0.4, 0.5) is 4.39 Å². The van der Waals surface area contributed by atoms with Gasteiger partial charge in [-0.1, -0.05) is 42.5 Å². The number of hydrogen-bond acceptors (Lipinski definition) is 2. The molecule has 2 unspecified atom stereocenters. The van der Waals surface area contributed by atoms with Gasteiger partial charge in [-0.15, -0.1) is 0 Å². The van der Waals surface area contributed by atoms with E-state index >= 15 is 0 Å². The predicted molar refractivity (Wildman–Crippen MR) is 112 cm³/mol. The molecule has 150 valence electrons. The summed E-state index contributed by atoms with van der Waals surface area (Å²) in [7, 11) is 0. The van der Waals surface area contributed by atoms with Crippen LogP contribution in [0.5, 0.6) is 0 Å². The summed E-state index contributed by atoms with van der Waals surface area (Å²) < 4.78 is 14.2. The lowest BCUT2D eigenvalue weighted by Gasteiger charge is -2.31. The number of rotatable bonds is 6. The Labute approximate surface area is 168 Å². The van der Waals surface area contributed by atoms with Crippen LogP contribution in [0.3, 0.4) is 0 Å². The maximum Gasteiger partial charge on any atom is 0.219 e. The summed E-state index contributed by atoms with van der Waals surface area (Å²) in [6, 6.07) is 15.7. The molecule has 3 rings (SSSR count). The standard InChI is InChI=1S/C24H31FN2O/c1-17(2)27(19(4)28)15-21-14-26(13-20-10-6-8-12-24(20)25)16-23(21)22-11-7-5-9-18(22)3/h5-12,17,21,23H,13-16H2,1-4H3. The molecule has 0 N–H and O–H groups in total. The number of amides is 1. The van der Waals surface area contributed by atoms with E-state index in [0.717, 1.165) is 25.2 Å². The first-order valence-corrected chi connectivity index (χ1v) is 10.1. The van der Waals surface area contributed by atoms with Crippen molar-refractivity contribution in [3.8, 4) is 0 Å². The minimum atomic E-state index is -0.147. The van der Waals surface area contributed by atoms with E-state index in [9.17, 15) is 9.18 Å². The molecule has 1 amide bonds. The van der Waals surface area contributed by atoms with Gasteiger partial charge in [0, 0.05) is 50.6 Å². The Morgan fingerprint density at radius 3 is 2.46 bits per heavy atom. The van der Waals surface area contributed by atoms with Crippen molar-refractivity contribution in [3.63, 3.8) is 0 Å². The van der Waals surface area contributed by atoms with Gasteiger partial charge in [-0.3, -0.25) is 9.69 Å². The monoisotopic (exact) mass is 382 g/mol. The molecule has 0 saturated carbocycles. The van der Waals surface area contributed by atoms with Crippen molar-refractivity contribution in [1.82, 2.24) is 9.80 Å². The zero-order valence-electron chi connectivity index (χ0n) is 17.4. The molecule has 28 heavy (non-hydrogen) atoms. The average molecular weight is 383 g/mol. The Hall–Kier alpha value is -2.20. The topological polar surface area (TPSA) is 23.6 Å². The van der Waals surface area contributed by atoms with Crippen LogP contribution in [0, 0.1) is 18.7 Å². The second-order valence-corrected chi connectivity index (χ2v) is 8.27. The van der Waals surface area contributed by atoms with Crippen LogP contribution in [-0.2, 0) is 11.3 Å². The molecule has 1 aliphatic rings. The molecule has 1 fully saturated rings. The summed E-state index contributed by atoms with van der Waals surface area (Å²) in [6.45, 7) is 11.0. The predicted octanol–water partition coefficient (Wildman–Crippen LogP) is 4.61. The van der Waals surface area contributed by atoms with Crippen LogP contribution in [0.2, 0.25) is 0 Å². The van der Waals surface area contributed by atoms with Crippen LogP contribution in [-0.4, -0.2) is 41.4 Å². The molecule has 3 nitrogen and oxygen atoms in total. The zero-order valence-corrected chi connectivity index (χ0v) is 17.4. The summed E-state index contributed by atoms with van der Waals surface area (Å²) in [5, 5.41) is 0. The first-order valence-electron chi connectivity index (χ1n) is 10.1. The Morgan fingerprint density at radius 1 is 1.14 bits per heavy atom. The van der Waals surface area contributed by atoms with E-state index in [1.807, 2.05) is 17.0 Å². The van der Waals surface area contributed by atoms with Crippen molar-refractivity contribution in [2.75, 3.05) is 19.6 Å². The Bertz CT molecular complexity index is 820. The van der Waals surface area contributed by atoms with Crippen molar-refractivity contribution < 1.29 is 9.18 Å². The normalized spacial score (nSPS) is 19.9. The molecular formula is C24H31FN2O. The number of halogens is 1. The minimum Gasteiger partial charge on any atom is -0.340 e. The van der Waals surface area contributed by atoms with Gasteiger partial charge in [0.05, 0.1) is 0 Å². The van der Waals surface area contributed by atoms with E-state index in [1.54, 1.807) is 13.0 Å². The number of carbonyl (C=O) groups excluding carboxylic acids is 1. The molecule has 0 radical (unpaired) electrons. The lowest BCUT2D eigenvalue weighted by Crippen LogP contribution is -2.40. The van der Waals surface area contributed by atoms with Crippen molar-refractivity contribution in [1.29, 1.82) is 0 Å². The first kappa shape index (κ1) is 20.5. The van der Waals surface area contributed by atoms with Crippen molar-refractivity contribution in [2.24, 2.45) is 5.92 Å². The van der Waals surface area contributed by atoms with Crippen LogP contribution in [0.1, 0.15) is 43.4 Å². The van der Waals surface area contributed by atoms with E-state index < -0.39 is 0 Å². The van der Waals surface area contributed by atoms with Gasteiger partial charge in [0.25, 0.3) is 0 Å². The molecule has 1 saturated heterocycles. The lowest BCUT2D eigenvalue weighted by molar-refractivity contribution is -0.131. The van der Waals surface area contributed by atoms with Crippen LogP contribution < -0.4 is 0 Å². The average Bonchev–Trinajstić information content (AvgIpc) is 3.04. The second kappa shape index (κ2) is 8.87. The molecule has 0 spiro atoms. The number of benzene rings is 2. The zero-order chi connectivity index (χ0) is 20.3. The summed E-state index contributed by atoms with van der Waals surface area (Å²) in [4.78, 5) is 16.5. The second-order valence-electron chi connectivity index (χ2n) is 8.27. The Balaban J connectivity index is 1.85. The third kappa shape index (κ3) is 4.61. The molecule has 4 heteroatoms. The summed E-state index contributed by atoms with van der Waals surface area (Å²) in [5.74, 6) is 0.643. The van der Waals surface area contributed by atoms with E-state index in [4.69, 9.17) is 0 Å². The highest BCUT2D eigenvalue weighted by atomic mass is 19.1. The molecule has 0 aliphatic carbocycles. The maximum absolute atomic E-state index is 14.2. The van der Waals surface area contributed by atoms with Gasteiger partial charge in [-0.25, -0.2) is 4.39 Å². The van der Waals surface area contributed by atoms with Gasteiger partial charge >= 0.3 is 0 Å². The lowest BCUT2D eigenvalue weighted by atomic mass is 9.86. The molecule has 2 aromatic rings. The fraction of sp³-hybridized carbons (Fsp3) is 0.458. The summed E-state index contributed by atoms with van der Waals surface area (Å²) >= 11 is 0. The SMILES string of the molecule is CC(=O)N(CC1CN(Cc2ccccc2F)CC1c1ccccc1C)C(C)C. The Kier molecular flexibility index (Phi) is 6.50. The van der Waals surface area contributed by atoms with Gasteiger partial charge in [0.2, 0.25) is 5.91 Å². The Morgan fingerprint density at radius 2 is 1.82 bits per heavy atom. The molecular weight excluding hydrogens is 351 g/mol. The van der Waals surface area contributed by atoms with Gasteiger partial charge in [0.15, 0.2) is 0 Å². The smallest absolute Gasteiger partial charge is 0.219 e. The highest BCUT2D eigenvalue weighted by Crippen LogP contribution is 2.36. The molecule has 2 aromatic carbocycles. The van der Waals surface area contributed by atoms with E-state index in [-0.39, 0.29) is 17.8 Å². The van der Waals surface area contributed by atoms with Crippen molar-refractivity contribution in [2.45, 2.75) is 46.2 Å². The minimum absolute atomic E-state index is 0.117. The fourth-order valence-electron chi connectivity index (χ4n) is 4.45. The van der Waals surface area contributed by atoms with Crippen molar-refractivity contribution >= 4 is 5.91 Å². The van der Waals surface area contributed by atoms with Gasteiger partial charge in [0.1, 0.15) is 5.82 Å². The van der Waals surface area contributed by atoms with Crippen LogP contribution >= 0.6 is 0 Å². The van der Waals surface area contributed by atoms with E-state index in [2.05, 4.69) is 49.9 Å².